The van der Waals surface area contributed by atoms with Crippen LogP contribution in [0.25, 0.3) is 0 Å². The summed E-state index contributed by atoms with van der Waals surface area (Å²) >= 11 is 0. The second-order valence-electron chi connectivity index (χ2n) is 5.78. The summed E-state index contributed by atoms with van der Waals surface area (Å²) in [5.41, 5.74) is 1.17. The Morgan fingerprint density at radius 2 is 1.70 bits per heavy atom. The maximum absolute atomic E-state index is 11.5. The monoisotopic (exact) mass is 297 g/mol. The largest absolute Gasteiger partial charge is 0.310 e. The van der Waals surface area contributed by atoms with Gasteiger partial charge < -0.3 is 5.32 Å². The fraction of sp³-hybridized carbons (Fsp3) is 0.625. The molecule has 4 heteroatoms. The lowest BCUT2D eigenvalue weighted by Crippen LogP contribution is -2.21. The molecule has 1 unspecified atom stereocenters. The van der Waals surface area contributed by atoms with Gasteiger partial charge in [0.25, 0.3) is 0 Å². The number of hydrogen-bond donors (Lipinski definition) is 1. The summed E-state index contributed by atoms with van der Waals surface area (Å²) in [6.07, 6.45) is 4.74. The van der Waals surface area contributed by atoms with Gasteiger partial charge in [-0.05, 0) is 36.6 Å². The van der Waals surface area contributed by atoms with Crippen LogP contribution in [-0.4, -0.2) is 21.2 Å². The lowest BCUT2D eigenvalue weighted by Gasteiger charge is -2.19. The van der Waals surface area contributed by atoms with Crippen LogP contribution in [0.4, 0.5) is 0 Å². The Morgan fingerprint density at radius 3 is 2.15 bits per heavy atom. The molecule has 0 aromatic heterocycles. The molecule has 1 N–H and O–H groups in total. The van der Waals surface area contributed by atoms with E-state index in [1.165, 1.54) is 24.7 Å². The topological polar surface area (TPSA) is 46.2 Å². The van der Waals surface area contributed by atoms with E-state index in [4.69, 9.17) is 0 Å². The summed E-state index contributed by atoms with van der Waals surface area (Å²) < 4.78 is 22.9. The van der Waals surface area contributed by atoms with Crippen molar-refractivity contribution in [1.29, 1.82) is 0 Å². The Balaban J connectivity index is 2.76. The Morgan fingerprint density at radius 1 is 1.10 bits per heavy atom. The minimum absolute atomic E-state index is 0.312. The van der Waals surface area contributed by atoms with Crippen LogP contribution in [0.3, 0.4) is 0 Å². The highest BCUT2D eigenvalue weighted by molar-refractivity contribution is 7.90. The average molecular weight is 297 g/mol. The fourth-order valence-corrected chi connectivity index (χ4v) is 2.94. The van der Waals surface area contributed by atoms with Gasteiger partial charge in [-0.2, -0.15) is 0 Å². The van der Waals surface area contributed by atoms with Crippen molar-refractivity contribution in [1.82, 2.24) is 5.32 Å². The molecular weight excluding hydrogens is 270 g/mol. The Kier molecular flexibility index (Phi) is 6.69. The van der Waals surface area contributed by atoms with Gasteiger partial charge in [0.05, 0.1) is 4.90 Å². The van der Waals surface area contributed by atoms with Gasteiger partial charge in [-0.15, -0.1) is 0 Å². The van der Waals surface area contributed by atoms with E-state index in [2.05, 4.69) is 26.1 Å². The number of benzene rings is 1. The van der Waals surface area contributed by atoms with Crippen LogP contribution >= 0.6 is 0 Å². The van der Waals surface area contributed by atoms with E-state index in [9.17, 15) is 8.42 Å². The average Bonchev–Trinajstić information content (AvgIpc) is 2.36. The van der Waals surface area contributed by atoms with Gasteiger partial charge in [0.2, 0.25) is 0 Å². The van der Waals surface area contributed by atoms with Crippen molar-refractivity contribution in [2.75, 3.05) is 12.8 Å². The van der Waals surface area contributed by atoms with Crippen LogP contribution in [-0.2, 0) is 9.84 Å². The van der Waals surface area contributed by atoms with Crippen molar-refractivity contribution in [2.24, 2.45) is 5.92 Å². The molecule has 20 heavy (non-hydrogen) atoms. The highest BCUT2D eigenvalue weighted by Crippen LogP contribution is 2.22. The standard InChI is InChI=1S/C16H27NO2S/c1-5-17-16(8-6-7-13(2)3)14-9-11-15(12-10-14)20(4,18)19/h9-13,16-17H,5-8H2,1-4H3. The second kappa shape index (κ2) is 7.79. The first-order valence-electron chi connectivity index (χ1n) is 7.38. The second-order valence-corrected chi connectivity index (χ2v) is 7.79. The van der Waals surface area contributed by atoms with Crippen LogP contribution in [0.5, 0.6) is 0 Å². The first-order valence-corrected chi connectivity index (χ1v) is 9.27. The highest BCUT2D eigenvalue weighted by atomic mass is 32.2. The lowest BCUT2D eigenvalue weighted by atomic mass is 9.98. The molecule has 0 saturated carbocycles. The first-order chi connectivity index (χ1) is 9.34. The van der Waals surface area contributed by atoms with E-state index < -0.39 is 9.84 Å². The molecule has 0 aliphatic heterocycles. The molecule has 1 atom stereocenters. The van der Waals surface area contributed by atoms with Crippen molar-refractivity contribution < 1.29 is 8.42 Å². The van der Waals surface area contributed by atoms with Crippen molar-refractivity contribution >= 4 is 9.84 Å². The van der Waals surface area contributed by atoms with Crippen molar-refractivity contribution in [2.45, 2.75) is 51.0 Å². The molecule has 1 aromatic carbocycles. The smallest absolute Gasteiger partial charge is 0.175 e. The molecule has 0 amide bonds. The quantitative estimate of drug-likeness (QED) is 0.798. The van der Waals surface area contributed by atoms with E-state index in [0.29, 0.717) is 10.9 Å². The molecule has 0 bridgehead atoms. The Bertz CT molecular complexity index is 492. The zero-order valence-corrected chi connectivity index (χ0v) is 13.8. The predicted molar refractivity (Wildman–Crippen MR) is 84.7 cm³/mol. The molecule has 114 valence electrons. The lowest BCUT2D eigenvalue weighted by molar-refractivity contribution is 0.455. The fourth-order valence-electron chi connectivity index (χ4n) is 2.31. The summed E-state index contributed by atoms with van der Waals surface area (Å²) in [5, 5.41) is 3.48. The van der Waals surface area contributed by atoms with Crippen LogP contribution < -0.4 is 5.32 Å². The van der Waals surface area contributed by atoms with Crippen molar-refractivity contribution in [3.63, 3.8) is 0 Å². The zero-order chi connectivity index (χ0) is 15.2. The van der Waals surface area contributed by atoms with Gasteiger partial charge in [0, 0.05) is 12.3 Å². The van der Waals surface area contributed by atoms with Gasteiger partial charge in [0.1, 0.15) is 0 Å². The third kappa shape index (κ3) is 5.63. The maximum Gasteiger partial charge on any atom is 0.175 e. The molecule has 1 aromatic rings. The zero-order valence-electron chi connectivity index (χ0n) is 13.0. The van der Waals surface area contributed by atoms with E-state index in [1.807, 2.05) is 12.1 Å². The van der Waals surface area contributed by atoms with Crippen LogP contribution in [0, 0.1) is 5.92 Å². The third-order valence-electron chi connectivity index (χ3n) is 3.44. The summed E-state index contributed by atoms with van der Waals surface area (Å²) in [6, 6.07) is 7.58. The van der Waals surface area contributed by atoms with E-state index in [1.54, 1.807) is 12.1 Å². The molecule has 0 radical (unpaired) electrons. The van der Waals surface area contributed by atoms with Crippen LogP contribution in [0.15, 0.2) is 29.2 Å². The third-order valence-corrected chi connectivity index (χ3v) is 4.56. The van der Waals surface area contributed by atoms with Gasteiger partial charge in [-0.3, -0.25) is 0 Å². The minimum Gasteiger partial charge on any atom is -0.310 e. The van der Waals surface area contributed by atoms with Gasteiger partial charge in [0.15, 0.2) is 9.84 Å². The maximum atomic E-state index is 11.5. The molecule has 0 spiro atoms. The Labute approximate surface area is 123 Å². The molecular formula is C16H27NO2S. The SMILES string of the molecule is CCNC(CCCC(C)C)c1ccc(S(C)(=O)=O)cc1. The normalized spacial score (nSPS) is 13.7. The highest BCUT2D eigenvalue weighted by Gasteiger charge is 2.12. The van der Waals surface area contributed by atoms with Crippen molar-refractivity contribution in [3.8, 4) is 0 Å². The summed E-state index contributed by atoms with van der Waals surface area (Å²) in [6.45, 7) is 7.49. The molecule has 1 rings (SSSR count). The van der Waals surface area contributed by atoms with E-state index >= 15 is 0 Å². The molecule has 3 nitrogen and oxygen atoms in total. The van der Waals surface area contributed by atoms with Gasteiger partial charge in [-0.25, -0.2) is 8.42 Å². The molecule has 0 fully saturated rings. The summed E-state index contributed by atoms with van der Waals surface area (Å²) in [5.74, 6) is 0.727. The van der Waals surface area contributed by atoms with Crippen LogP contribution in [0.2, 0.25) is 0 Å². The number of rotatable bonds is 8. The minimum atomic E-state index is -3.11. The molecule has 0 saturated heterocycles. The molecule has 0 aliphatic carbocycles. The van der Waals surface area contributed by atoms with E-state index in [0.717, 1.165) is 18.9 Å². The molecule has 0 aliphatic rings. The first kappa shape index (κ1) is 17.2. The number of sulfone groups is 1. The number of hydrogen-bond acceptors (Lipinski definition) is 3. The summed E-state index contributed by atoms with van der Waals surface area (Å²) in [7, 11) is -3.11. The number of nitrogens with one attached hydrogen (secondary N) is 1. The predicted octanol–water partition coefficient (Wildman–Crippen LogP) is 3.57. The van der Waals surface area contributed by atoms with Crippen molar-refractivity contribution in [3.05, 3.63) is 29.8 Å². The summed E-state index contributed by atoms with van der Waals surface area (Å²) in [4.78, 5) is 0.388. The van der Waals surface area contributed by atoms with E-state index in [-0.39, 0.29) is 0 Å². The molecule has 0 heterocycles. The Hall–Kier alpha value is -0.870. The van der Waals surface area contributed by atoms with Gasteiger partial charge in [-0.1, -0.05) is 45.7 Å². The van der Waals surface area contributed by atoms with Crippen LogP contribution in [0.1, 0.15) is 51.6 Å². The van der Waals surface area contributed by atoms with Gasteiger partial charge >= 0.3 is 0 Å².